The van der Waals surface area contributed by atoms with E-state index in [4.69, 9.17) is 14.2 Å². The fourth-order valence-corrected chi connectivity index (χ4v) is 7.18. The van der Waals surface area contributed by atoms with Crippen molar-refractivity contribution in [1.29, 1.82) is 0 Å². The largest absolute Gasteiger partial charge is 0.462 e. The summed E-state index contributed by atoms with van der Waals surface area (Å²) in [6.45, 7) is 6.45. The maximum atomic E-state index is 12.8. The van der Waals surface area contributed by atoms with Gasteiger partial charge >= 0.3 is 17.9 Å². The van der Waals surface area contributed by atoms with Gasteiger partial charge in [-0.3, -0.25) is 14.4 Å². The Morgan fingerprint density at radius 3 is 0.986 bits per heavy atom. The van der Waals surface area contributed by atoms with Gasteiger partial charge in [0.25, 0.3) is 0 Å². The van der Waals surface area contributed by atoms with Crippen LogP contribution in [0.1, 0.15) is 239 Å². The molecule has 0 aliphatic heterocycles. The first kappa shape index (κ1) is 64.8. The van der Waals surface area contributed by atoms with Crippen LogP contribution in [0.4, 0.5) is 0 Å². The average Bonchev–Trinajstić information content (AvgIpc) is 3.35. The highest BCUT2D eigenvalue weighted by atomic mass is 16.6. The van der Waals surface area contributed by atoms with Gasteiger partial charge in [-0.15, -0.1) is 0 Å². The van der Waals surface area contributed by atoms with Gasteiger partial charge in [0, 0.05) is 19.3 Å². The topological polar surface area (TPSA) is 78.9 Å². The predicted octanol–water partition coefficient (Wildman–Crippen LogP) is 18.9. The molecule has 0 N–H and O–H groups in total. The van der Waals surface area contributed by atoms with Gasteiger partial charge in [-0.2, -0.15) is 0 Å². The SMILES string of the molecule is CCCCC/C=C\C/C=C\C/C=C\C/C=C\C/C=C\CCC(=O)OC[C@H](COC(=O)CCC/C=C\C/C=C\C/C=C\C/C=C\CCCCC)OC(=O)CCCCCCC/C=C\CCCCCCCC. The summed E-state index contributed by atoms with van der Waals surface area (Å²) in [5, 5.41) is 0. The number of unbranched alkanes of at least 4 members (excludes halogenated alkanes) is 18. The second-order valence-electron chi connectivity index (χ2n) is 18.1. The number of esters is 3. The summed E-state index contributed by atoms with van der Waals surface area (Å²) in [5.41, 5.74) is 0. The Labute approximate surface area is 424 Å². The summed E-state index contributed by atoms with van der Waals surface area (Å²) in [7, 11) is 0. The highest BCUT2D eigenvalue weighted by molar-refractivity contribution is 5.71. The molecule has 69 heavy (non-hydrogen) atoms. The molecule has 1 atom stereocenters. The quantitative estimate of drug-likeness (QED) is 0.0262. The average molecular weight is 956 g/mol. The van der Waals surface area contributed by atoms with Crippen molar-refractivity contribution >= 4 is 17.9 Å². The summed E-state index contributed by atoms with van der Waals surface area (Å²) < 4.78 is 16.7. The van der Waals surface area contributed by atoms with E-state index in [-0.39, 0.29) is 50.4 Å². The van der Waals surface area contributed by atoms with Crippen LogP contribution in [0.15, 0.2) is 122 Å². The van der Waals surface area contributed by atoms with E-state index in [2.05, 4.69) is 130 Å². The van der Waals surface area contributed by atoms with Crippen LogP contribution in [0.25, 0.3) is 0 Å². The second kappa shape index (κ2) is 56.4. The summed E-state index contributed by atoms with van der Waals surface area (Å²) in [6, 6.07) is 0. The van der Waals surface area contributed by atoms with Gasteiger partial charge in [0.15, 0.2) is 6.10 Å². The summed E-state index contributed by atoms with van der Waals surface area (Å²) in [4.78, 5) is 38.1. The molecule has 0 aromatic carbocycles. The molecule has 0 aromatic rings. The van der Waals surface area contributed by atoms with Crippen LogP contribution < -0.4 is 0 Å². The van der Waals surface area contributed by atoms with Crippen molar-refractivity contribution in [3.63, 3.8) is 0 Å². The van der Waals surface area contributed by atoms with Gasteiger partial charge in [0.2, 0.25) is 0 Å². The highest BCUT2D eigenvalue weighted by Gasteiger charge is 2.19. The number of carbonyl (C=O) groups is 3. The molecule has 0 aliphatic rings. The molecule has 0 aromatic heterocycles. The second-order valence-corrected chi connectivity index (χ2v) is 18.1. The van der Waals surface area contributed by atoms with Crippen molar-refractivity contribution in [3.05, 3.63) is 122 Å². The molecule has 0 radical (unpaired) electrons. The first-order valence-corrected chi connectivity index (χ1v) is 28.0. The molecule has 0 saturated carbocycles. The van der Waals surface area contributed by atoms with Crippen molar-refractivity contribution in [2.75, 3.05) is 13.2 Å². The van der Waals surface area contributed by atoms with E-state index in [0.29, 0.717) is 12.8 Å². The van der Waals surface area contributed by atoms with Gasteiger partial charge in [0.1, 0.15) is 13.2 Å². The van der Waals surface area contributed by atoms with E-state index < -0.39 is 6.10 Å². The lowest BCUT2D eigenvalue weighted by Gasteiger charge is -2.18. The van der Waals surface area contributed by atoms with E-state index in [1.807, 2.05) is 12.2 Å². The van der Waals surface area contributed by atoms with Crippen molar-refractivity contribution in [2.24, 2.45) is 0 Å². The van der Waals surface area contributed by atoms with Crippen molar-refractivity contribution in [2.45, 2.75) is 245 Å². The third kappa shape index (κ3) is 54.6. The Hall–Kier alpha value is -4.19. The zero-order valence-corrected chi connectivity index (χ0v) is 44.5. The lowest BCUT2D eigenvalue weighted by molar-refractivity contribution is -0.166. The first-order valence-electron chi connectivity index (χ1n) is 28.0. The molecule has 0 bridgehead atoms. The van der Waals surface area contributed by atoms with Crippen LogP contribution >= 0.6 is 0 Å². The Morgan fingerprint density at radius 1 is 0.290 bits per heavy atom. The Morgan fingerprint density at radius 2 is 0.565 bits per heavy atom. The van der Waals surface area contributed by atoms with E-state index in [9.17, 15) is 14.4 Å². The van der Waals surface area contributed by atoms with Crippen LogP contribution in [-0.4, -0.2) is 37.2 Å². The molecule has 0 heterocycles. The molecule has 0 spiro atoms. The van der Waals surface area contributed by atoms with Gasteiger partial charge in [-0.1, -0.05) is 219 Å². The molecule has 0 amide bonds. The van der Waals surface area contributed by atoms with Crippen molar-refractivity contribution < 1.29 is 28.6 Å². The summed E-state index contributed by atoms with van der Waals surface area (Å²) >= 11 is 0. The molecule has 6 heteroatoms. The maximum Gasteiger partial charge on any atom is 0.306 e. The molecule has 6 nitrogen and oxygen atoms in total. The van der Waals surface area contributed by atoms with Crippen LogP contribution in [0.3, 0.4) is 0 Å². The maximum absolute atomic E-state index is 12.8. The van der Waals surface area contributed by atoms with Crippen molar-refractivity contribution in [3.8, 4) is 0 Å². The van der Waals surface area contributed by atoms with E-state index in [1.54, 1.807) is 0 Å². The molecular formula is C63H102O6. The van der Waals surface area contributed by atoms with E-state index in [0.717, 1.165) is 83.5 Å². The van der Waals surface area contributed by atoms with E-state index in [1.165, 1.54) is 103 Å². The Kier molecular flexibility index (Phi) is 53.0. The molecule has 0 fully saturated rings. The minimum atomic E-state index is -0.838. The lowest BCUT2D eigenvalue weighted by atomic mass is 10.1. The standard InChI is InChI=1S/C63H102O6/c1-4-7-10-13-16-19-22-25-28-30-31-33-36-38-41-44-47-50-53-56-62(65)68-59-60(69-63(66)57-54-51-48-45-42-39-34-27-24-21-18-15-12-9-6-3)58-67-61(64)55-52-49-46-43-40-37-35-32-29-26-23-20-17-14-11-8-5-2/h16-17,19-20,25-29,31,33-35,37-38,41,43,46-47,50,60H,4-15,18,21-24,30,32,36,39-40,42,44-45,48-49,51-59H2,1-3H3/b19-16-,20-17-,28-25-,29-26-,33-31-,34-27-,37-35-,41-38-,46-43-,50-47-/t60-/m0/s1. The van der Waals surface area contributed by atoms with Crippen LogP contribution in [0.5, 0.6) is 0 Å². The smallest absolute Gasteiger partial charge is 0.306 e. The van der Waals surface area contributed by atoms with Gasteiger partial charge in [0.05, 0.1) is 0 Å². The minimum Gasteiger partial charge on any atom is -0.462 e. The lowest BCUT2D eigenvalue weighted by Crippen LogP contribution is -2.30. The predicted molar refractivity (Wildman–Crippen MR) is 297 cm³/mol. The zero-order chi connectivity index (χ0) is 50.0. The number of carbonyl (C=O) groups excluding carboxylic acids is 3. The number of rotatable bonds is 49. The number of allylic oxidation sites excluding steroid dienone is 20. The zero-order valence-electron chi connectivity index (χ0n) is 44.5. The Balaban J connectivity index is 4.61. The first-order chi connectivity index (χ1) is 34.0. The fourth-order valence-electron chi connectivity index (χ4n) is 7.18. The highest BCUT2D eigenvalue weighted by Crippen LogP contribution is 2.12. The van der Waals surface area contributed by atoms with Gasteiger partial charge < -0.3 is 14.2 Å². The molecule has 0 rings (SSSR count). The molecule has 0 saturated heterocycles. The van der Waals surface area contributed by atoms with Crippen molar-refractivity contribution in [1.82, 2.24) is 0 Å². The fraction of sp³-hybridized carbons (Fsp3) is 0.635. The third-order valence-electron chi connectivity index (χ3n) is 11.4. The number of ether oxygens (including phenoxy) is 3. The number of hydrogen-bond donors (Lipinski definition) is 0. The molecular weight excluding hydrogens is 853 g/mol. The summed E-state index contributed by atoms with van der Waals surface area (Å²) in [5.74, 6) is -1.08. The monoisotopic (exact) mass is 955 g/mol. The van der Waals surface area contributed by atoms with Gasteiger partial charge in [-0.05, 0) is 122 Å². The molecule has 390 valence electrons. The minimum absolute atomic E-state index is 0.135. The van der Waals surface area contributed by atoms with Crippen LogP contribution in [0, 0.1) is 0 Å². The van der Waals surface area contributed by atoms with E-state index >= 15 is 0 Å². The third-order valence-corrected chi connectivity index (χ3v) is 11.4. The van der Waals surface area contributed by atoms with Gasteiger partial charge in [-0.25, -0.2) is 0 Å². The summed E-state index contributed by atoms with van der Waals surface area (Å²) in [6.07, 6.45) is 77.7. The number of hydrogen-bond acceptors (Lipinski definition) is 6. The normalized spacial score (nSPS) is 13.0. The molecule has 0 unspecified atom stereocenters. The van der Waals surface area contributed by atoms with Crippen LogP contribution in [0.2, 0.25) is 0 Å². The Bertz CT molecular complexity index is 1470. The van der Waals surface area contributed by atoms with Crippen LogP contribution in [-0.2, 0) is 28.6 Å². The molecule has 0 aliphatic carbocycles.